The first kappa shape index (κ1) is 21.3. The average molecular weight is 479 g/mol. The van der Waals surface area contributed by atoms with E-state index in [0.717, 1.165) is 55.3 Å². The molecule has 0 aliphatic carbocycles. The van der Waals surface area contributed by atoms with Crippen LogP contribution in [0.2, 0.25) is 0 Å². The minimum Gasteiger partial charge on any atom is -0.454 e. The molecule has 0 unspecified atom stereocenters. The third-order valence-electron chi connectivity index (χ3n) is 6.33. The number of fused-ring (bicyclic) bond motifs is 2. The number of thiophene rings is 1. The zero-order valence-electron chi connectivity index (χ0n) is 18.4. The lowest BCUT2D eigenvalue weighted by Gasteiger charge is -2.34. The van der Waals surface area contributed by atoms with Crippen LogP contribution in [0.5, 0.6) is 11.5 Å². The second-order valence-corrected chi connectivity index (χ2v) is 9.45. The van der Waals surface area contributed by atoms with Crippen LogP contribution in [-0.4, -0.2) is 52.7 Å². The van der Waals surface area contributed by atoms with Crippen LogP contribution in [0.1, 0.15) is 11.4 Å². The average Bonchev–Trinajstić information content (AvgIpc) is 3.48. The molecule has 0 saturated carbocycles. The number of hydrogen-bond acceptors (Lipinski definition) is 7. The van der Waals surface area contributed by atoms with E-state index in [1.54, 1.807) is 12.1 Å². The summed E-state index contributed by atoms with van der Waals surface area (Å²) in [5.41, 5.74) is 2.66. The number of piperazine rings is 1. The molecule has 6 rings (SSSR count). The van der Waals surface area contributed by atoms with E-state index in [4.69, 9.17) is 14.5 Å². The van der Waals surface area contributed by atoms with Gasteiger partial charge in [0.1, 0.15) is 16.5 Å². The Hall–Kier alpha value is -3.27. The monoisotopic (exact) mass is 478 g/mol. The lowest BCUT2D eigenvalue weighted by atomic mass is 10.1. The second-order valence-electron chi connectivity index (χ2n) is 8.59. The van der Waals surface area contributed by atoms with Crippen LogP contribution in [0.4, 0.5) is 4.39 Å². The van der Waals surface area contributed by atoms with E-state index >= 15 is 0 Å². The minimum atomic E-state index is -0.298. The predicted octanol–water partition coefficient (Wildman–Crippen LogP) is 3.84. The summed E-state index contributed by atoms with van der Waals surface area (Å²) in [6, 6.07) is 12.3. The van der Waals surface area contributed by atoms with Crippen molar-refractivity contribution in [1.82, 2.24) is 19.8 Å². The van der Waals surface area contributed by atoms with Gasteiger partial charge in [-0.1, -0.05) is 18.2 Å². The van der Waals surface area contributed by atoms with E-state index < -0.39 is 0 Å². The van der Waals surface area contributed by atoms with Gasteiger partial charge in [0.15, 0.2) is 11.5 Å². The molecule has 0 bridgehead atoms. The molecule has 2 aromatic heterocycles. The number of rotatable bonds is 5. The largest absolute Gasteiger partial charge is 0.454 e. The Kier molecular flexibility index (Phi) is 5.52. The maximum absolute atomic E-state index is 13.3. The van der Waals surface area contributed by atoms with Gasteiger partial charge >= 0.3 is 0 Å². The zero-order chi connectivity index (χ0) is 23.1. The Balaban J connectivity index is 1.11. The second kappa shape index (κ2) is 8.83. The first-order valence-corrected chi connectivity index (χ1v) is 12.1. The molecule has 34 heavy (non-hydrogen) atoms. The Bertz CT molecular complexity index is 1390. The Labute approximate surface area is 199 Å². The summed E-state index contributed by atoms with van der Waals surface area (Å²) in [5, 5.41) is 2.48. The van der Waals surface area contributed by atoms with Crippen LogP contribution in [0, 0.1) is 5.82 Å². The first-order valence-electron chi connectivity index (χ1n) is 11.2. The number of nitrogens with one attached hydrogen (secondary N) is 1. The maximum Gasteiger partial charge on any atom is 0.260 e. The van der Waals surface area contributed by atoms with Crippen molar-refractivity contribution in [2.45, 2.75) is 13.1 Å². The molecule has 2 aliphatic heterocycles. The highest BCUT2D eigenvalue weighted by molar-refractivity contribution is 7.17. The number of hydrogen-bond donors (Lipinski definition) is 1. The van der Waals surface area contributed by atoms with Gasteiger partial charge in [-0.15, -0.1) is 11.3 Å². The van der Waals surface area contributed by atoms with Crippen molar-refractivity contribution < 1.29 is 13.9 Å². The van der Waals surface area contributed by atoms with E-state index in [2.05, 4.69) is 26.9 Å². The van der Waals surface area contributed by atoms with Crippen LogP contribution in [0.15, 0.2) is 52.6 Å². The summed E-state index contributed by atoms with van der Waals surface area (Å²) in [6.45, 7) is 5.44. The number of halogens is 1. The highest BCUT2D eigenvalue weighted by Gasteiger charge is 2.20. The van der Waals surface area contributed by atoms with Crippen molar-refractivity contribution in [2.24, 2.45) is 0 Å². The molecule has 9 heteroatoms. The minimum absolute atomic E-state index is 0.151. The summed E-state index contributed by atoms with van der Waals surface area (Å²) < 4.78 is 24.2. The fourth-order valence-corrected chi connectivity index (χ4v) is 5.49. The molecule has 2 aromatic carbocycles. The van der Waals surface area contributed by atoms with E-state index in [-0.39, 0.29) is 11.4 Å². The summed E-state index contributed by atoms with van der Waals surface area (Å²) in [7, 11) is 0. The molecule has 1 N–H and O–H groups in total. The molecule has 7 nitrogen and oxygen atoms in total. The van der Waals surface area contributed by atoms with Gasteiger partial charge in [-0.2, -0.15) is 0 Å². The molecular formula is C25H23FN4O3S. The van der Waals surface area contributed by atoms with Crippen LogP contribution in [0.25, 0.3) is 21.3 Å². The number of ether oxygens (including phenoxy) is 2. The van der Waals surface area contributed by atoms with Crippen LogP contribution >= 0.6 is 11.3 Å². The number of H-pyrrole nitrogens is 1. The van der Waals surface area contributed by atoms with Crippen LogP contribution < -0.4 is 15.0 Å². The number of aromatic amines is 1. The summed E-state index contributed by atoms with van der Waals surface area (Å²) in [6.07, 6.45) is 0. The smallest absolute Gasteiger partial charge is 0.260 e. The molecule has 0 atom stereocenters. The summed E-state index contributed by atoms with van der Waals surface area (Å²) in [5.74, 6) is 2.00. The summed E-state index contributed by atoms with van der Waals surface area (Å²) in [4.78, 5) is 26.0. The molecule has 4 heterocycles. The molecule has 0 radical (unpaired) electrons. The van der Waals surface area contributed by atoms with E-state index in [9.17, 15) is 9.18 Å². The van der Waals surface area contributed by atoms with Gasteiger partial charge in [-0.3, -0.25) is 14.6 Å². The Morgan fingerprint density at radius 1 is 0.971 bits per heavy atom. The first-order chi connectivity index (χ1) is 16.6. The van der Waals surface area contributed by atoms with E-state index in [1.165, 1.54) is 29.0 Å². The standard InChI is InChI=1S/C25H23FN4O3S/c26-18-4-2-17(3-5-18)19-14-34-25-23(19)24(31)27-22(28-25)13-30-9-7-29(8-10-30)12-16-1-6-20-21(11-16)33-15-32-20/h1-6,11,14H,7-10,12-13,15H2,(H,27,28,31). The maximum atomic E-state index is 13.3. The fourth-order valence-electron chi connectivity index (χ4n) is 4.53. The third kappa shape index (κ3) is 4.18. The van der Waals surface area contributed by atoms with Crippen molar-refractivity contribution >= 4 is 21.6 Å². The molecule has 0 spiro atoms. The zero-order valence-corrected chi connectivity index (χ0v) is 19.2. The van der Waals surface area contributed by atoms with Gasteiger partial charge in [-0.25, -0.2) is 9.37 Å². The van der Waals surface area contributed by atoms with Gasteiger partial charge in [0.2, 0.25) is 6.79 Å². The van der Waals surface area contributed by atoms with Gasteiger partial charge < -0.3 is 14.5 Å². The lowest BCUT2D eigenvalue weighted by molar-refractivity contribution is 0.120. The van der Waals surface area contributed by atoms with Crippen molar-refractivity contribution in [3.05, 3.63) is 75.4 Å². The number of aromatic nitrogens is 2. The summed E-state index contributed by atoms with van der Waals surface area (Å²) >= 11 is 1.44. The van der Waals surface area contributed by atoms with Gasteiger partial charge in [-0.05, 0) is 35.4 Å². The van der Waals surface area contributed by atoms with Gasteiger partial charge in [0.05, 0.1) is 11.9 Å². The number of benzene rings is 2. The van der Waals surface area contributed by atoms with Crippen molar-refractivity contribution in [2.75, 3.05) is 33.0 Å². The highest BCUT2D eigenvalue weighted by Crippen LogP contribution is 2.33. The van der Waals surface area contributed by atoms with Crippen molar-refractivity contribution in [3.8, 4) is 22.6 Å². The Morgan fingerprint density at radius 3 is 2.50 bits per heavy atom. The lowest BCUT2D eigenvalue weighted by Crippen LogP contribution is -2.45. The van der Waals surface area contributed by atoms with Crippen molar-refractivity contribution in [3.63, 3.8) is 0 Å². The quantitative estimate of drug-likeness (QED) is 0.470. The van der Waals surface area contributed by atoms with E-state index in [0.29, 0.717) is 29.4 Å². The molecule has 1 fully saturated rings. The normalized spacial score (nSPS) is 16.4. The van der Waals surface area contributed by atoms with E-state index in [1.807, 2.05) is 11.4 Å². The molecular weight excluding hydrogens is 455 g/mol. The SMILES string of the molecule is O=c1[nH]c(CN2CCN(Cc3ccc4c(c3)OCO4)CC2)nc2scc(-c3ccc(F)cc3)c12. The molecule has 0 amide bonds. The molecule has 4 aromatic rings. The predicted molar refractivity (Wildman–Crippen MR) is 129 cm³/mol. The highest BCUT2D eigenvalue weighted by atomic mass is 32.1. The Morgan fingerprint density at radius 2 is 1.71 bits per heavy atom. The topological polar surface area (TPSA) is 70.7 Å². The van der Waals surface area contributed by atoms with Crippen LogP contribution in [-0.2, 0) is 13.1 Å². The molecule has 2 aliphatic rings. The number of nitrogens with zero attached hydrogens (tertiary/aromatic N) is 3. The third-order valence-corrected chi connectivity index (χ3v) is 7.20. The van der Waals surface area contributed by atoms with Gasteiger partial charge in [0, 0.05) is 43.7 Å². The molecule has 1 saturated heterocycles. The van der Waals surface area contributed by atoms with Crippen LogP contribution in [0.3, 0.4) is 0 Å². The van der Waals surface area contributed by atoms with Gasteiger partial charge in [0.25, 0.3) is 5.56 Å². The van der Waals surface area contributed by atoms with Crippen molar-refractivity contribution in [1.29, 1.82) is 0 Å². The molecule has 174 valence electrons. The fraction of sp³-hybridized carbons (Fsp3) is 0.280.